The molecule has 0 N–H and O–H groups in total. The molecular formula is C17H16O4. The fourth-order valence-electron chi connectivity index (χ4n) is 2.27. The summed E-state index contributed by atoms with van der Waals surface area (Å²) < 4.78 is 16.4. The molecule has 0 saturated carbocycles. The van der Waals surface area contributed by atoms with Crippen LogP contribution in [0, 0.1) is 13.8 Å². The Bertz CT molecular complexity index is 691. The Balaban J connectivity index is 1.85. The van der Waals surface area contributed by atoms with Crippen LogP contribution in [-0.4, -0.2) is 13.1 Å². The zero-order chi connectivity index (χ0) is 14.8. The molecule has 0 aliphatic carbocycles. The summed E-state index contributed by atoms with van der Waals surface area (Å²) in [4.78, 5) is 11.2. The van der Waals surface area contributed by atoms with E-state index in [0.717, 1.165) is 17.4 Å². The summed E-state index contributed by atoms with van der Waals surface area (Å²) in [7, 11) is 0. The Hall–Kier alpha value is -2.49. The van der Waals surface area contributed by atoms with Crippen LogP contribution in [0.15, 0.2) is 30.3 Å². The standard InChI is InChI=1S/C17H16O4/c1-11-3-4-12(2)14(5-11)9-19-15-7-17-16(20-10-21-17)6-13(15)8-18/h3-8H,9-10H2,1-2H3. The quantitative estimate of drug-likeness (QED) is 0.807. The van der Waals surface area contributed by atoms with Gasteiger partial charge in [0.05, 0.1) is 5.56 Å². The van der Waals surface area contributed by atoms with Gasteiger partial charge in [0.25, 0.3) is 0 Å². The van der Waals surface area contributed by atoms with Crippen LogP contribution in [0.5, 0.6) is 17.2 Å². The van der Waals surface area contributed by atoms with Gasteiger partial charge in [-0.25, -0.2) is 0 Å². The Morgan fingerprint density at radius 2 is 1.90 bits per heavy atom. The van der Waals surface area contributed by atoms with Crippen molar-refractivity contribution in [2.24, 2.45) is 0 Å². The molecular weight excluding hydrogens is 268 g/mol. The van der Waals surface area contributed by atoms with E-state index < -0.39 is 0 Å². The number of carbonyl (C=O) groups excluding carboxylic acids is 1. The highest BCUT2D eigenvalue weighted by atomic mass is 16.7. The highest BCUT2D eigenvalue weighted by Gasteiger charge is 2.18. The molecule has 21 heavy (non-hydrogen) atoms. The molecule has 4 heteroatoms. The number of benzene rings is 2. The van der Waals surface area contributed by atoms with Crippen LogP contribution in [0.3, 0.4) is 0 Å². The van der Waals surface area contributed by atoms with E-state index in [1.807, 2.05) is 13.8 Å². The SMILES string of the molecule is Cc1ccc(C)c(COc2cc3c(cc2C=O)OCO3)c1. The summed E-state index contributed by atoms with van der Waals surface area (Å²) in [5, 5.41) is 0. The van der Waals surface area contributed by atoms with E-state index in [1.165, 1.54) is 5.56 Å². The largest absolute Gasteiger partial charge is 0.488 e. The number of aldehydes is 1. The summed E-state index contributed by atoms with van der Waals surface area (Å²) in [6.45, 7) is 4.67. The second kappa shape index (κ2) is 5.48. The van der Waals surface area contributed by atoms with Crippen LogP contribution < -0.4 is 14.2 Å². The van der Waals surface area contributed by atoms with Gasteiger partial charge in [0.2, 0.25) is 6.79 Å². The van der Waals surface area contributed by atoms with Crippen molar-refractivity contribution in [3.05, 3.63) is 52.6 Å². The van der Waals surface area contributed by atoms with Crippen LogP contribution in [0.2, 0.25) is 0 Å². The zero-order valence-corrected chi connectivity index (χ0v) is 12.0. The Labute approximate surface area is 123 Å². The van der Waals surface area contributed by atoms with E-state index in [2.05, 4.69) is 18.2 Å². The van der Waals surface area contributed by atoms with Crippen LogP contribution in [0.25, 0.3) is 0 Å². The minimum Gasteiger partial charge on any atom is -0.488 e. The van der Waals surface area contributed by atoms with Crippen molar-refractivity contribution in [2.75, 3.05) is 6.79 Å². The van der Waals surface area contributed by atoms with Gasteiger partial charge in [0, 0.05) is 6.07 Å². The fraction of sp³-hybridized carbons (Fsp3) is 0.235. The van der Waals surface area contributed by atoms with Crippen molar-refractivity contribution in [3.63, 3.8) is 0 Å². The van der Waals surface area contributed by atoms with Crippen LogP contribution in [0.4, 0.5) is 0 Å². The molecule has 1 aliphatic rings. The number of hydrogen-bond donors (Lipinski definition) is 0. The molecule has 0 spiro atoms. The van der Waals surface area contributed by atoms with Gasteiger partial charge in [0.15, 0.2) is 17.8 Å². The molecule has 0 fully saturated rings. The van der Waals surface area contributed by atoms with E-state index in [4.69, 9.17) is 14.2 Å². The van der Waals surface area contributed by atoms with Gasteiger partial charge in [-0.1, -0.05) is 23.8 Å². The fourth-order valence-corrected chi connectivity index (χ4v) is 2.27. The lowest BCUT2D eigenvalue weighted by Crippen LogP contribution is -2.00. The third-order valence-electron chi connectivity index (χ3n) is 3.52. The normalized spacial score (nSPS) is 12.3. The molecule has 0 radical (unpaired) electrons. The second-order valence-corrected chi connectivity index (χ2v) is 5.08. The van der Waals surface area contributed by atoms with Gasteiger partial charge in [-0.05, 0) is 31.0 Å². The smallest absolute Gasteiger partial charge is 0.231 e. The van der Waals surface area contributed by atoms with E-state index in [9.17, 15) is 4.79 Å². The average Bonchev–Trinajstić information content (AvgIpc) is 2.94. The average molecular weight is 284 g/mol. The van der Waals surface area contributed by atoms with Crippen molar-refractivity contribution in [2.45, 2.75) is 20.5 Å². The molecule has 0 bridgehead atoms. The van der Waals surface area contributed by atoms with Gasteiger partial charge >= 0.3 is 0 Å². The van der Waals surface area contributed by atoms with Crippen LogP contribution in [0.1, 0.15) is 27.0 Å². The first kappa shape index (κ1) is 13.5. The molecule has 0 amide bonds. The first-order valence-electron chi connectivity index (χ1n) is 6.75. The third kappa shape index (κ3) is 2.70. The van der Waals surface area contributed by atoms with E-state index in [-0.39, 0.29) is 6.79 Å². The first-order chi connectivity index (χ1) is 10.2. The molecule has 1 heterocycles. The molecule has 2 aromatic rings. The van der Waals surface area contributed by atoms with Crippen LogP contribution in [-0.2, 0) is 6.61 Å². The molecule has 1 aliphatic heterocycles. The maximum Gasteiger partial charge on any atom is 0.231 e. The molecule has 2 aromatic carbocycles. The number of fused-ring (bicyclic) bond motifs is 1. The zero-order valence-electron chi connectivity index (χ0n) is 12.0. The van der Waals surface area contributed by atoms with Gasteiger partial charge in [0.1, 0.15) is 12.4 Å². The Morgan fingerprint density at radius 1 is 1.14 bits per heavy atom. The number of rotatable bonds is 4. The van der Waals surface area contributed by atoms with Crippen molar-refractivity contribution in [1.82, 2.24) is 0 Å². The third-order valence-corrected chi connectivity index (χ3v) is 3.52. The summed E-state index contributed by atoms with van der Waals surface area (Å²) in [6, 6.07) is 9.57. The molecule has 3 rings (SSSR count). The number of carbonyl (C=O) groups is 1. The molecule has 0 aromatic heterocycles. The van der Waals surface area contributed by atoms with Gasteiger partial charge in [-0.3, -0.25) is 4.79 Å². The van der Waals surface area contributed by atoms with Crippen molar-refractivity contribution in [1.29, 1.82) is 0 Å². The highest BCUT2D eigenvalue weighted by Crippen LogP contribution is 2.37. The summed E-state index contributed by atoms with van der Waals surface area (Å²) in [6.07, 6.45) is 0.764. The number of ether oxygens (including phenoxy) is 3. The van der Waals surface area contributed by atoms with Crippen molar-refractivity contribution in [3.8, 4) is 17.2 Å². The topological polar surface area (TPSA) is 44.8 Å². The molecule has 108 valence electrons. The molecule has 4 nitrogen and oxygen atoms in total. The highest BCUT2D eigenvalue weighted by molar-refractivity contribution is 5.81. The first-order valence-corrected chi connectivity index (χ1v) is 6.75. The summed E-state index contributed by atoms with van der Waals surface area (Å²) >= 11 is 0. The number of aryl methyl sites for hydroxylation is 2. The van der Waals surface area contributed by atoms with Gasteiger partial charge in [-0.15, -0.1) is 0 Å². The minimum absolute atomic E-state index is 0.175. The maximum atomic E-state index is 11.2. The van der Waals surface area contributed by atoms with Crippen molar-refractivity contribution >= 4 is 6.29 Å². The lowest BCUT2D eigenvalue weighted by Gasteiger charge is -2.12. The van der Waals surface area contributed by atoms with Crippen molar-refractivity contribution < 1.29 is 19.0 Å². The Morgan fingerprint density at radius 3 is 2.67 bits per heavy atom. The van der Waals surface area contributed by atoms with E-state index in [1.54, 1.807) is 12.1 Å². The lowest BCUT2D eigenvalue weighted by atomic mass is 10.1. The number of hydrogen-bond acceptors (Lipinski definition) is 4. The maximum absolute atomic E-state index is 11.2. The minimum atomic E-state index is 0.175. The van der Waals surface area contributed by atoms with Gasteiger partial charge < -0.3 is 14.2 Å². The predicted molar refractivity (Wildman–Crippen MR) is 78.2 cm³/mol. The van der Waals surface area contributed by atoms with E-state index >= 15 is 0 Å². The summed E-state index contributed by atoms with van der Waals surface area (Å²) in [5.74, 6) is 1.70. The molecule has 0 unspecified atom stereocenters. The second-order valence-electron chi connectivity index (χ2n) is 5.08. The lowest BCUT2D eigenvalue weighted by molar-refractivity contribution is 0.111. The summed E-state index contributed by atoms with van der Waals surface area (Å²) in [5.41, 5.74) is 3.91. The monoisotopic (exact) mass is 284 g/mol. The predicted octanol–water partition coefficient (Wildman–Crippen LogP) is 3.42. The van der Waals surface area contributed by atoms with Crippen LogP contribution >= 0.6 is 0 Å². The Kier molecular flexibility index (Phi) is 3.52. The molecule has 0 saturated heterocycles. The molecule has 0 atom stereocenters. The van der Waals surface area contributed by atoms with Gasteiger partial charge in [-0.2, -0.15) is 0 Å². The van der Waals surface area contributed by atoms with E-state index in [0.29, 0.717) is 29.4 Å².